The molecule has 1 aromatic rings. The molecule has 0 bridgehead atoms. The Bertz CT molecular complexity index is 618. The van der Waals surface area contributed by atoms with Crippen LogP contribution in [-0.4, -0.2) is 21.1 Å². The van der Waals surface area contributed by atoms with Gasteiger partial charge in [-0.05, 0) is 43.4 Å². The molecule has 22 heavy (non-hydrogen) atoms. The van der Waals surface area contributed by atoms with Crippen LogP contribution in [0.15, 0.2) is 27.6 Å². The number of nitrogens with one attached hydrogen (secondary N) is 1. The monoisotopic (exact) mass is 389 g/mol. The topological polar surface area (TPSA) is 55.4 Å². The zero-order valence-corrected chi connectivity index (χ0v) is 15.7. The lowest BCUT2D eigenvalue weighted by atomic mass is 9.78. The van der Waals surface area contributed by atoms with Gasteiger partial charge in [0.2, 0.25) is 10.0 Å². The molecular weight excluding hydrogens is 366 g/mol. The predicted molar refractivity (Wildman–Crippen MR) is 91.6 cm³/mol. The number of hydrogen-bond donors (Lipinski definition) is 1. The smallest absolute Gasteiger partial charge is 0.244 e. The zero-order chi connectivity index (χ0) is 16.3. The number of sulfonamides is 1. The highest BCUT2D eigenvalue weighted by Gasteiger charge is 2.32. The summed E-state index contributed by atoms with van der Waals surface area (Å²) in [5.74, 6) is 1.27. The second-order valence-electron chi connectivity index (χ2n) is 6.02. The van der Waals surface area contributed by atoms with Crippen molar-refractivity contribution in [3.63, 3.8) is 0 Å². The van der Waals surface area contributed by atoms with E-state index < -0.39 is 10.0 Å². The molecule has 1 fully saturated rings. The molecule has 1 aliphatic carbocycles. The highest BCUT2D eigenvalue weighted by molar-refractivity contribution is 9.10. The molecule has 1 aliphatic rings. The third-order valence-electron chi connectivity index (χ3n) is 4.51. The van der Waals surface area contributed by atoms with Crippen LogP contribution >= 0.6 is 15.9 Å². The standard InChI is InChI=1S/C16H24BrNO3S/c1-4-21-15-9-8-13(17)10-16(15)22(19,20)18-14-7-5-6-11(2)12(14)3/h8-12,14,18H,4-7H2,1-3H3/t11-,12+,14-/m0/s1. The maximum atomic E-state index is 12.8. The van der Waals surface area contributed by atoms with E-state index in [4.69, 9.17) is 4.74 Å². The molecule has 2 rings (SSSR count). The van der Waals surface area contributed by atoms with E-state index in [1.165, 1.54) is 6.42 Å². The average molecular weight is 390 g/mol. The number of benzene rings is 1. The van der Waals surface area contributed by atoms with Gasteiger partial charge in [-0.2, -0.15) is 0 Å². The Morgan fingerprint density at radius 3 is 2.73 bits per heavy atom. The van der Waals surface area contributed by atoms with Gasteiger partial charge in [-0.1, -0.05) is 42.6 Å². The summed E-state index contributed by atoms with van der Waals surface area (Å²) in [6.45, 7) is 6.59. The molecule has 0 aliphatic heterocycles. The molecule has 1 N–H and O–H groups in total. The third-order valence-corrected chi connectivity index (χ3v) is 6.51. The summed E-state index contributed by atoms with van der Waals surface area (Å²) < 4.78 is 34.7. The minimum Gasteiger partial charge on any atom is -0.492 e. The lowest BCUT2D eigenvalue weighted by molar-refractivity contribution is 0.226. The summed E-state index contributed by atoms with van der Waals surface area (Å²) in [5, 5.41) is 0. The Kier molecular flexibility index (Phi) is 5.91. The number of hydrogen-bond acceptors (Lipinski definition) is 3. The molecule has 0 amide bonds. The van der Waals surface area contributed by atoms with E-state index in [-0.39, 0.29) is 10.9 Å². The zero-order valence-electron chi connectivity index (χ0n) is 13.3. The van der Waals surface area contributed by atoms with Crippen LogP contribution < -0.4 is 9.46 Å². The van der Waals surface area contributed by atoms with Gasteiger partial charge in [0, 0.05) is 10.5 Å². The fourth-order valence-corrected chi connectivity index (χ4v) is 5.02. The van der Waals surface area contributed by atoms with Crippen molar-refractivity contribution >= 4 is 26.0 Å². The van der Waals surface area contributed by atoms with Crippen LogP contribution in [0.25, 0.3) is 0 Å². The van der Waals surface area contributed by atoms with E-state index in [1.54, 1.807) is 18.2 Å². The van der Waals surface area contributed by atoms with Gasteiger partial charge in [-0.15, -0.1) is 0 Å². The van der Waals surface area contributed by atoms with Crippen molar-refractivity contribution in [1.82, 2.24) is 4.72 Å². The van der Waals surface area contributed by atoms with E-state index in [0.29, 0.717) is 24.2 Å². The van der Waals surface area contributed by atoms with Crippen LogP contribution in [0.3, 0.4) is 0 Å². The Morgan fingerprint density at radius 1 is 1.32 bits per heavy atom. The molecule has 0 saturated heterocycles. The van der Waals surface area contributed by atoms with Crippen molar-refractivity contribution in [3.05, 3.63) is 22.7 Å². The summed E-state index contributed by atoms with van der Waals surface area (Å²) in [6, 6.07) is 5.07. The fraction of sp³-hybridized carbons (Fsp3) is 0.625. The van der Waals surface area contributed by atoms with Crippen molar-refractivity contribution in [2.75, 3.05) is 6.61 Å². The minimum absolute atomic E-state index is 0.0118. The number of halogens is 1. The largest absolute Gasteiger partial charge is 0.492 e. The quantitative estimate of drug-likeness (QED) is 0.828. The van der Waals surface area contributed by atoms with Gasteiger partial charge >= 0.3 is 0 Å². The van der Waals surface area contributed by atoms with E-state index in [0.717, 1.165) is 17.3 Å². The van der Waals surface area contributed by atoms with Crippen LogP contribution in [0.4, 0.5) is 0 Å². The molecule has 0 aromatic heterocycles. The average Bonchev–Trinajstić information content (AvgIpc) is 2.46. The van der Waals surface area contributed by atoms with Crippen LogP contribution in [-0.2, 0) is 10.0 Å². The summed E-state index contributed by atoms with van der Waals surface area (Å²) >= 11 is 3.34. The first-order valence-electron chi connectivity index (χ1n) is 7.80. The summed E-state index contributed by atoms with van der Waals surface area (Å²) in [6.07, 6.45) is 3.12. The normalized spacial score (nSPS) is 25.9. The van der Waals surface area contributed by atoms with Gasteiger partial charge in [0.15, 0.2) is 0 Å². The van der Waals surface area contributed by atoms with Crippen LogP contribution in [0.1, 0.15) is 40.0 Å². The highest BCUT2D eigenvalue weighted by atomic mass is 79.9. The van der Waals surface area contributed by atoms with E-state index in [1.807, 2.05) is 6.92 Å². The Labute approximate surface area is 141 Å². The van der Waals surface area contributed by atoms with Crippen molar-refractivity contribution in [1.29, 1.82) is 0 Å². The molecule has 4 nitrogen and oxygen atoms in total. The van der Waals surface area contributed by atoms with Gasteiger partial charge in [-0.3, -0.25) is 0 Å². The maximum Gasteiger partial charge on any atom is 0.244 e. The molecular formula is C16H24BrNO3S. The molecule has 0 spiro atoms. The second kappa shape index (κ2) is 7.32. The number of ether oxygens (including phenoxy) is 1. The molecule has 3 atom stereocenters. The van der Waals surface area contributed by atoms with Crippen molar-refractivity contribution < 1.29 is 13.2 Å². The molecule has 1 aromatic carbocycles. The first kappa shape index (κ1) is 17.8. The molecule has 0 radical (unpaired) electrons. The second-order valence-corrected chi connectivity index (χ2v) is 8.62. The Hall–Kier alpha value is -0.590. The first-order valence-corrected chi connectivity index (χ1v) is 10.1. The fourth-order valence-electron chi connectivity index (χ4n) is 2.98. The highest BCUT2D eigenvalue weighted by Crippen LogP contribution is 2.32. The molecule has 0 heterocycles. The van der Waals surface area contributed by atoms with Crippen molar-refractivity contribution in [2.45, 2.75) is 51.0 Å². The first-order chi connectivity index (χ1) is 10.3. The van der Waals surface area contributed by atoms with Gasteiger partial charge in [-0.25, -0.2) is 13.1 Å². The molecule has 0 unspecified atom stereocenters. The Balaban J connectivity index is 2.28. The van der Waals surface area contributed by atoms with Crippen LogP contribution in [0.2, 0.25) is 0 Å². The molecule has 124 valence electrons. The van der Waals surface area contributed by atoms with Gasteiger partial charge in [0.1, 0.15) is 10.6 Å². The Morgan fingerprint density at radius 2 is 2.05 bits per heavy atom. The van der Waals surface area contributed by atoms with E-state index in [9.17, 15) is 8.42 Å². The maximum absolute atomic E-state index is 12.8. The van der Waals surface area contributed by atoms with Crippen LogP contribution in [0.5, 0.6) is 5.75 Å². The summed E-state index contributed by atoms with van der Waals surface area (Å²) in [4.78, 5) is 0.203. The third kappa shape index (κ3) is 4.03. The van der Waals surface area contributed by atoms with Crippen LogP contribution in [0, 0.1) is 11.8 Å². The van der Waals surface area contributed by atoms with Crippen molar-refractivity contribution in [3.8, 4) is 5.75 Å². The van der Waals surface area contributed by atoms with E-state index in [2.05, 4.69) is 34.5 Å². The summed E-state index contributed by atoms with van der Waals surface area (Å²) in [7, 11) is -3.60. The lowest BCUT2D eigenvalue weighted by Gasteiger charge is -2.34. The number of rotatable bonds is 5. The lowest BCUT2D eigenvalue weighted by Crippen LogP contribution is -2.43. The SMILES string of the molecule is CCOc1ccc(Br)cc1S(=O)(=O)N[C@H]1CCC[C@H](C)[C@H]1C. The van der Waals surface area contributed by atoms with Gasteiger partial charge in [0.05, 0.1) is 6.61 Å². The molecule has 6 heteroatoms. The van der Waals surface area contributed by atoms with Gasteiger partial charge in [0.25, 0.3) is 0 Å². The predicted octanol–water partition coefficient (Wildman–Crippen LogP) is 3.95. The summed E-state index contributed by atoms with van der Waals surface area (Å²) in [5.41, 5.74) is 0. The van der Waals surface area contributed by atoms with Gasteiger partial charge < -0.3 is 4.74 Å². The molecule has 1 saturated carbocycles. The van der Waals surface area contributed by atoms with Crippen molar-refractivity contribution in [2.24, 2.45) is 11.8 Å². The van der Waals surface area contributed by atoms with E-state index >= 15 is 0 Å². The minimum atomic E-state index is -3.60.